The fraction of sp³-hybridized carbons (Fsp3) is 0.176. The van der Waals surface area contributed by atoms with Crippen LogP contribution in [0.15, 0.2) is 36.4 Å². The minimum Gasteiger partial charge on any atom is -0.478 e. The summed E-state index contributed by atoms with van der Waals surface area (Å²) in [6.45, 7) is 5.20. The van der Waals surface area contributed by atoms with Crippen LogP contribution in [0.3, 0.4) is 0 Å². The third-order valence-corrected chi connectivity index (χ3v) is 3.82. The van der Waals surface area contributed by atoms with Gasteiger partial charge in [0.25, 0.3) is 0 Å². The minimum absolute atomic E-state index is 0.0739. The van der Waals surface area contributed by atoms with Crippen molar-refractivity contribution in [3.63, 3.8) is 0 Å². The molecule has 22 heavy (non-hydrogen) atoms. The van der Waals surface area contributed by atoms with Crippen molar-refractivity contribution in [3.8, 4) is 0 Å². The number of benzene rings is 2. The van der Waals surface area contributed by atoms with Gasteiger partial charge in [0.15, 0.2) is 5.78 Å². The van der Waals surface area contributed by atoms with E-state index >= 15 is 0 Å². The number of carboxylic acids is 1. The highest BCUT2D eigenvalue weighted by Crippen LogP contribution is 2.16. The number of hydrogen-bond donors (Lipinski definition) is 1. The molecule has 0 atom stereocenters. The number of Topliss-reactive ketones (excluding diaryl/α,β-unsaturated/α-hetero) is 1. The summed E-state index contributed by atoms with van der Waals surface area (Å²) in [5.74, 6) is -0.852. The van der Waals surface area contributed by atoms with E-state index in [0.29, 0.717) is 15.6 Å². The van der Waals surface area contributed by atoms with E-state index in [2.05, 4.69) is 0 Å². The third-order valence-electron chi connectivity index (χ3n) is 2.97. The van der Waals surface area contributed by atoms with Crippen LogP contribution in [0.4, 0.5) is 0 Å². The predicted molar refractivity (Wildman–Crippen MR) is 89.3 cm³/mol. The van der Waals surface area contributed by atoms with Crippen LogP contribution in [0.5, 0.6) is 0 Å². The maximum atomic E-state index is 10.9. The summed E-state index contributed by atoms with van der Waals surface area (Å²) in [6, 6.07) is 9.89. The number of carbonyl (C=O) groups is 2. The quantitative estimate of drug-likeness (QED) is 0.765. The lowest BCUT2D eigenvalue weighted by Crippen LogP contribution is -1.95. The number of halogens is 2. The zero-order valence-corrected chi connectivity index (χ0v) is 14.0. The van der Waals surface area contributed by atoms with Gasteiger partial charge in [0.05, 0.1) is 5.56 Å². The van der Waals surface area contributed by atoms with Crippen molar-refractivity contribution in [1.29, 1.82) is 0 Å². The van der Waals surface area contributed by atoms with Crippen LogP contribution in [0.2, 0.25) is 10.0 Å². The second kappa shape index (κ2) is 7.97. The molecule has 5 heteroatoms. The van der Waals surface area contributed by atoms with Crippen molar-refractivity contribution in [1.82, 2.24) is 0 Å². The van der Waals surface area contributed by atoms with Crippen LogP contribution in [-0.4, -0.2) is 16.9 Å². The smallest absolute Gasteiger partial charge is 0.335 e. The van der Waals surface area contributed by atoms with Gasteiger partial charge in [-0.15, -0.1) is 0 Å². The molecule has 3 nitrogen and oxygen atoms in total. The number of aromatic carboxylic acids is 1. The molecule has 0 aliphatic carbocycles. The largest absolute Gasteiger partial charge is 0.478 e. The van der Waals surface area contributed by atoms with Crippen molar-refractivity contribution in [2.24, 2.45) is 0 Å². The highest BCUT2D eigenvalue weighted by atomic mass is 35.5. The second-order valence-corrected chi connectivity index (χ2v) is 5.60. The average Bonchev–Trinajstić information content (AvgIpc) is 2.45. The summed E-state index contributed by atoms with van der Waals surface area (Å²) in [4.78, 5) is 21.3. The molecule has 2 rings (SSSR count). The first-order chi connectivity index (χ1) is 10.2. The third kappa shape index (κ3) is 5.17. The molecule has 0 bridgehead atoms. The normalized spacial score (nSPS) is 9.68. The number of hydrogen-bond acceptors (Lipinski definition) is 2. The van der Waals surface area contributed by atoms with Gasteiger partial charge in [-0.3, -0.25) is 4.79 Å². The summed E-state index contributed by atoms with van der Waals surface area (Å²) in [6.07, 6.45) is 0. The number of ketones is 1. The van der Waals surface area contributed by atoms with Gasteiger partial charge in [-0.25, -0.2) is 4.79 Å². The van der Waals surface area contributed by atoms with Gasteiger partial charge in [0.1, 0.15) is 0 Å². The molecular formula is C17H16Cl2O3. The Labute approximate surface area is 139 Å². The number of aryl methyl sites for hydroxylation is 2. The van der Waals surface area contributed by atoms with E-state index in [4.69, 9.17) is 28.3 Å². The summed E-state index contributed by atoms with van der Waals surface area (Å²) < 4.78 is 0. The first kappa shape index (κ1) is 18.2. The molecule has 0 aliphatic heterocycles. The Balaban J connectivity index is 0.000000220. The topological polar surface area (TPSA) is 54.4 Å². The van der Waals surface area contributed by atoms with Gasteiger partial charge < -0.3 is 5.11 Å². The van der Waals surface area contributed by atoms with Gasteiger partial charge in [-0.1, -0.05) is 23.2 Å². The zero-order valence-electron chi connectivity index (χ0n) is 12.5. The van der Waals surface area contributed by atoms with E-state index in [1.165, 1.54) is 6.07 Å². The molecule has 0 aliphatic rings. The molecule has 0 fully saturated rings. The molecule has 116 valence electrons. The van der Waals surface area contributed by atoms with E-state index in [9.17, 15) is 9.59 Å². The molecule has 0 spiro atoms. The van der Waals surface area contributed by atoms with Gasteiger partial charge in [-0.05, 0) is 68.3 Å². The summed E-state index contributed by atoms with van der Waals surface area (Å²) >= 11 is 11.5. The van der Waals surface area contributed by atoms with Crippen molar-refractivity contribution in [2.75, 3.05) is 0 Å². The van der Waals surface area contributed by atoms with Crippen LogP contribution < -0.4 is 0 Å². The molecule has 0 aromatic heterocycles. The van der Waals surface area contributed by atoms with Crippen LogP contribution in [0.25, 0.3) is 0 Å². The minimum atomic E-state index is -0.926. The van der Waals surface area contributed by atoms with Gasteiger partial charge >= 0.3 is 5.97 Å². The number of carbonyl (C=O) groups excluding carboxylic acids is 1. The fourth-order valence-corrected chi connectivity index (χ4v) is 1.88. The van der Waals surface area contributed by atoms with Crippen molar-refractivity contribution >= 4 is 35.0 Å². The van der Waals surface area contributed by atoms with Crippen LogP contribution in [-0.2, 0) is 0 Å². The lowest BCUT2D eigenvalue weighted by molar-refractivity contribution is 0.0696. The molecule has 0 heterocycles. The standard InChI is InChI=1S/C9H9ClO.C8H7ClO2/c1-6-5-8(7(2)11)3-4-9(6)10;1-5-4-6(8(10)11)2-3-7(5)9/h3-5H,1-2H3;2-4H,1H3,(H,10,11). The van der Waals surface area contributed by atoms with Gasteiger partial charge in [0.2, 0.25) is 0 Å². The van der Waals surface area contributed by atoms with Gasteiger partial charge in [-0.2, -0.15) is 0 Å². The average molecular weight is 339 g/mol. The summed E-state index contributed by atoms with van der Waals surface area (Å²) in [5.41, 5.74) is 2.71. The maximum absolute atomic E-state index is 10.9. The molecule has 0 saturated carbocycles. The van der Waals surface area contributed by atoms with Gasteiger partial charge in [0, 0.05) is 15.6 Å². The van der Waals surface area contributed by atoms with Crippen molar-refractivity contribution < 1.29 is 14.7 Å². The molecule has 0 amide bonds. The Hall–Kier alpha value is -1.84. The fourth-order valence-electron chi connectivity index (χ4n) is 1.64. The Morgan fingerprint density at radius 1 is 0.864 bits per heavy atom. The van der Waals surface area contributed by atoms with E-state index < -0.39 is 5.97 Å². The maximum Gasteiger partial charge on any atom is 0.335 e. The molecular weight excluding hydrogens is 323 g/mol. The molecule has 0 unspecified atom stereocenters. The number of carboxylic acid groups (broad SMARTS) is 1. The Morgan fingerprint density at radius 3 is 1.64 bits per heavy atom. The zero-order chi connectivity index (χ0) is 16.9. The molecule has 0 radical (unpaired) electrons. The molecule has 1 N–H and O–H groups in total. The highest BCUT2D eigenvalue weighted by molar-refractivity contribution is 6.31. The lowest BCUT2D eigenvalue weighted by Gasteiger charge is -1.98. The Bertz CT molecular complexity index is 648. The van der Waals surface area contributed by atoms with E-state index in [1.54, 1.807) is 44.2 Å². The Kier molecular flexibility index (Phi) is 6.60. The number of rotatable bonds is 2. The molecule has 0 saturated heterocycles. The predicted octanol–water partition coefficient (Wildman–Crippen LogP) is 5.20. The first-order valence-electron chi connectivity index (χ1n) is 6.49. The first-order valence-corrected chi connectivity index (χ1v) is 7.24. The Morgan fingerprint density at radius 2 is 1.27 bits per heavy atom. The van der Waals surface area contributed by atoms with E-state index in [-0.39, 0.29) is 11.3 Å². The summed E-state index contributed by atoms with van der Waals surface area (Å²) in [5, 5.41) is 9.85. The van der Waals surface area contributed by atoms with Crippen LogP contribution in [0.1, 0.15) is 38.8 Å². The van der Waals surface area contributed by atoms with Crippen LogP contribution >= 0.6 is 23.2 Å². The highest BCUT2D eigenvalue weighted by Gasteiger charge is 2.03. The molecule has 2 aromatic carbocycles. The monoisotopic (exact) mass is 338 g/mol. The summed E-state index contributed by atoms with van der Waals surface area (Å²) in [7, 11) is 0. The SMILES string of the molecule is CC(=O)c1ccc(Cl)c(C)c1.Cc1cc(C(=O)O)ccc1Cl. The van der Waals surface area contributed by atoms with Crippen molar-refractivity contribution in [2.45, 2.75) is 20.8 Å². The van der Waals surface area contributed by atoms with Crippen molar-refractivity contribution in [3.05, 3.63) is 68.7 Å². The van der Waals surface area contributed by atoms with E-state index in [1.807, 2.05) is 6.92 Å². The molecule has 2 aromatic rings. The van der Waals surface area contributed by atoms with E-state index in [0.717, 1.165) is 11.1 Å². The van der Waals surface area contributed by atoms with Crippen LogP contribution in [0, 0.1) is 13.8 Å². The lowest BCUT2D eigenvalue weighted by atomic mass is 10.1. The second-order valence-electron chi connectivity index (χ2n) is 4.79.